The van der Waals surface area contributed by atoms with Gasteiger partial charge in [-0.2, -0.15) is 0 Å². The van der Waals surface area contributed by atoms with Gasteiger partial charge in [-0.1, -0.05) is 74.0 Å². The van der Waals surface area contributed by atoms with Crippen LogP contribution in [-0.4, -0.2) is 4.98 Å². The fourth-order valence-electron chi connectivity index (χ4n) is 3.30. The van der Waals surface area contributed by atoms with Gasteiger partial charge in [-0.3, -0.25) is 0 Å². The summed E-state index contributed by atoms with van der Waals surface area (Å²) in [6.45, 7) is 6.79. The third-order valence-corrected chi connectivity index (χ3v) is 5.38. The Hall–Kier alpha value is -2.02. The summed E-state index contributed by atoms with van der Waals surface area (Å²) in [5.74, 6) is 0. The molecule has 0 aliphatic carbocycles. The van der Waals surface area contributed by atoms with Crippen molar-refractivity contribution in [2.24, 2.45) is 0 Å². The third kappa shape index (κ3) is 3.32. The van der Waals surface area contributed by atoms with Crippen LogP contribution in [-0.2, 0) is 25.5 Å². The molecule has 0 spiro atoms. The molecule has 3 aromatic carbocycles. The fraction of sp³-hybridized carbons (Fsp3) is 0.208. The van der Waals surface area contributed by atoms with E-state index in [1.807, 2.05) is 6.20 Å². The summed E-state index contributed by atoms with van der Waals surface area (Å²) in [6, 6.07) is 25.0. The van der Waals surface area contributed by atoms with Gasteiger partial charge < -0.3 is 4.98 Å². The zero-order chi connectivity index (χ0) is 17.4. The van der Waals surface area contributed by atoms with Crippen LogP contribution in [0.15, 0.2) is 66.9 Å². The Morgan fingerprint density at radius 2 is 1.69 bits per heavy atom. The number of rotatable bonds is 3. The van der Waals surface area contributed by atoms with Crippen molar-refractivity contribution in [1.29, 1.82) is 0 Å². The minimum absolute atomic E-state index is 0. The number of hydrogen-bond acceptors (Lipinski definition) is 1. The van der Waals surface area contributed by atoms with E-state index in [-0.39, 0.29) is 25.5 Å². The molecule has 1 aromatic heterocycles. The van der Waals surface area contributed by atoms with Crippen molar-refractivity contribution >= 4 is 21.5 Å². The summed E-state index contributed by atoms with van der Waals surface area (Å²) in [6.07, 6.45) is 3.02. The molecule has 4 aromatic rings. The van der Waals surface area contributed by atoms with Crippen molar-refractivity contribution in [2.45, 2.75) is 32.6 Å². The summed E-state index contributed by atoms with van der Waals surface area (Å²) in [7, 11) is 0. The van der Waals surface area contributed by atoms with E-state index < -0.39 is 0 Å². The van der Waals surface area contributed by atoms with Crippen LogP contribution in [0, 0.1) is 6.07 Å². The second kappa shape index (κ2) is 7.31. The maximum Gasteiger partial charge on any atom is 0.0163 e. The van der Waals surface area contributed by atoms with E-state index in [4.69, 9.17) is 0 Å². The second-order valence-electron chi connectivity index (χ2n) is 7.30. The van der Waals surface area contributed by atoms with Crippen molar-refractivity contribution in [3.05, 3.63) is 78.5 Å². The molecular weight excluding hydrogens is 494 g/mol. The van der Waals surface area contributed by atoms with Crippen LogP contribution in [0.5, 0.6) is 0 Å². The summed E-state index contributed by atoms with van der Waals surface area (Å²) in [5.41, 5.74) is 3.53. The Labute approximate surface area is 168 Å². The van der Waals surface area contributed by atoms with Crippen molar-refractivity contribution in [3.63, 3.8) is 0 Å². The molecule has 1 radical (unpaired) electrons. The Morgan fingerprint density at radius 1 is 0.923 bits per heavy atom. The van der Waals surface area contributed by atoms with Gasteiger partial charge in [0.25, 0.3) is 0 Å². The van der Waals surface area contributed by atoms with E-state index in [0.29, 0.717) is 0 Å². The number of fused-ring (bicyclic) bond motifs is 3. The smallest absolute Gasteiger partial charge is 0.0163 e. The molecule has 1 heterocycles. The van der Waals surface area contributed by atoms with Gasteiger partial charge in [-0.05, 0) is 34.5 Å². The van der Waals surface area contributed by atoms with Gasteiger partial charge >= 0.3 is 0 Å². The predicted octanol–water partition coefficient (Wildman–Crippen LogP) is 6.54. The maximum atomic E-state index is 4.60. The molecule has 133 valence electrons. The minimum Gasteiger partial charge on any atom is -0.305 e. The van der Waals surface area contributed by atoms with Gasteiger partial charge in [0.15, 0.2) is 0 Å². The Bertz CT molecular complexity index is 1070. The van der Waals surface area contributed by atoms with Crippen LogP contribution in [0.3, 0.4) is 0 Å². The molecule has 0 atom stereocenters. The Kier molecular flexibility index (Phi) is 5.27. The van der Waals surface area contributed by atoms with Crippen LogP contribution >= 0.6 is 0 Å². The second-order valence-corrected chi connectivity index (χ2v) is 7.30. The van der Waals surface area contributed by atoms with E-state index in [1.54, 1.807) is 0 Å². The summed E-state index contributed by atoms with van der Waals surface area (Å²) in [5, 5.41) is 5.01. The molecule has 2 heteroatoms. The fourth-order valence-corrected chi connectivity index (χ4v) is 3.30. The van der Waals surface area contributed by atoms with Gasteiger partial charge in [-0.15, -0.1) is 29.1 Å². The number of benzene rings is 3. The first-order valence-corrected chi connectivity index (χ1v) is 8.88. The van der Waals surface area contributed by atoms with Gasteiger partial charge in [0.05, 0.1) is 0 Å². The first kappa shape index (κ1) is 18.8. The van der Waals surface area contributed by atoms with Crippen LogP contribution < -0.4 is 0 Å². The minimum atomic E-state index is 0. The molecule has 0 aliphatic rings. The Balaban J connectivity index is 0.00000196. The summed E-state index contributed by atoms with van der Waals surface area (Å²) in [4.78, 5) is 4.60. The van der Waals surface area contributed by atoms with E-state index in [2.05, 4.69) is 92.5 Å². The zero-order valence-corrected chi connectivity index (χ0v) is 17.7. The van der Waals surface area contributed by atoms with Crippen LogP contribution in [0.25, 0.3) is 32.8 Å². The van der Waals surface area contributed by atoms with E-state index in [9.17, 15) is 0 Å². The molecule has 0 saturated heterocycles. The zero-order valence-electron chi connectivity index (χ0n) is 15.3. The molecule has 26 heavy (non-hydrogen) atoms. The van der Waals surface area contributed by atoms with Crippen molar-refractivity contribution in [2.75, 3.05) is 0 Å². The molecule has 0 saturated carbocycles. The van der Waals surface area contributed by atoms with Crippen LogP contribution in [0.2, 0.25) is 0 Å². The van der Waals surface area contributed by atoms with Gasteiger partial charge in [0, 0.05) is 26.3 Å². The monoisotopic (exact) mass is 517 g/mol. The first-order valence-electron chi connectivity index (χ1n) is 8.88. The van der Waals surface area contributed by atoms with Crippen molar-refractivity contribution < 1.29 is 20.1 Å². The van der Waals surface area contributed by atoms with Crippen LogP contribution in [0.1, 0.15) is 32.8 Å². The molecule has 0 bridgehead atoms. The molecule has 0 N–H and O–H groups in total. The number of hydrogen-bond donors (Lipinski definition) is 0. The average molecular weight is 517 g/mol. The third-order valence-electron chi connectivity index (χ3n) is 5.38. The molecular formula is C24H22IrN-. The predicted molar refractivity (Wildman–Crippen MR) is 107 cm³/mol. The van der Waals surface area contributed by atoms with E-state index in [1.165, 1.54) is 27.1 Å². The molecule has 1 nitrogen and oxygen atoms in total. The normalized spacial score (nSPS) is 11.5. The Morgan fingerprint density at radius 3 is 2.50 bits per heavy atom. The largest absolute Gasteiger partial charge is 0.305 e. The summed E-state index contributed by atoms with van der Waals surface area (Å²) < 4.78 is 0. The average Bonchev–Trinajstić information content (AvgIpc) is 2.67. The molecule has 0 amide bonds. The summed E-state index contributed by atoms with van der Waals surface area (Å²) >= 11 is 0. The van der Waals surface area contributed by atoms with Crippen LogP contribution in [0.4, 0.5) is 0 Å². The topological polar surface area (TPSA) is 12.9 Å². The van der Waals surface area contributed by atoms with Gasteiger partial charge in [-0.25, -0.2) is 0 Å². The van der Waals surface area contributed by atoms with Gasteiger partial charge in [0.2, 0.25) is 0 Å². The molecule has 0 fully saturated rings. The number of aromatic nitrogens is 1. The van der Waals surface area contributed by atoms with E-state index >= 15 is 0 Å². The molecule has 4 rings (SSSR count). The quantitative estimate of drug-likeness (QED) is 0.223. The molecule has 0 unspecified atom stereocenters. The maximum absolute atomic E-state index is 4.60. The van der Waals surface area contributed by atoms with Crippen molar-refractivity contribution in [1.82, 2.24) is 4.98 Å². The standard InChI is InChI=1S/C24H22N.Ir/c1-4-24(2,3)20-13-14-25-23(16-20)19-11-12-22-18(15-19)10-9-17-7-5-6-8-21(17)22;/h5-10,12-16H,4H2,1-3H3;/q-1;. The number of pyridine rings is 1. The SMILES string of the molecule is CCC(C)(C)c1ccnc(-c2[c-]cc3c(ccc4ccccc43)c2)c1.[Ir]. The van der Waals surface area contributed by atoms with E-state index in [0.717, 1.165) is 17.7 Å². The first-order chi connectivity index (χ1) is 12.1. The molecule has 0 aliphatic heterocycles. The number of nitrogens with zero attached hydrogens (tertiary/aromatic N) is 1. The van der Waals surface area contributed by atoms with Crippen molar-refractivity contribution in [3.8, 4) is 11.3 Å². The van der Waals surface area contributed by atoms with Gasteiger partial charge in [0.1, 0.15) is 0 Å².